The first-order valence-corrected chi connectivity index (χ1v) is 17.7. The minimum absolute atomic E-state index is 0. The molecule has 1 heterocycles. The van der Waals surface area contributed by atoms with Gasteiger partial charge in [-0.3, -0.25) is 58.8 Å². The van der Waals surface area contributed by atoms with Crippen LogP contribution in [0.15, 0.2) is 30.3 Å². The maximum atomic E-state index is 13.8. The fraction of sp³-hybridized carbons (Fsp3) is 0.559. The van der Waals surface area contributed by atoms with Crippen LogP contribution in [0, 0.1) is 0 Å². The van der Waals surface area contributed by atoms with Crippen molar-refractivity contribution in [1.82, 2.24) is 47.1 Å². The zero-order valence-corrected chi connectivity index (χ0v) is 32.6. The van der Waals surface area contributed by atoms with Gasteiger partial charge in [0.1, 0.15) is 24.2 Å². The summed E-state index contributed by atoms with van der Waals surface area (Å²) in [6.07, 6.45) is -0.269. The minimum atomic E-state index is -1.39. The molecule has 56 heavy (non-hydrogen) atoms. The van der Waals surface area contributed by atoms with Gasteiger partial charge in [-0.2, -0.15) is 15.2 Å². The molecule has 312 valence electrons. The Morgan fingerprint density at radius 1 is 0.571 bits per heavy atom. The van der Waals surface area contributed by atoms with E-state index in [9.17, 15) is 58.8 Å². The summed E-state index contributed by atoms with van der Waals surface area (Å²) in [6, 6.07) is 3.40. The summed E-state index contributed by atoms with van der Waals surface area (Å²) in [5.74, 6) is -6.14. The molecule has 1 aliphatic rings. The summed E-state index contributed by atoms with van der Waals surface area (Å²) >= 11 is 0. The van der Waals surface area contributed by atoms with Crippen molar-refractivity contribution in [2.45, 2.75) is 89.9 Å². The van der Waals surface area contributed by atoms with Crippen molar-refractivity contribution in [1.29, 1.82) is 0 Å². The van der Waals surface area contributed by atoms with Gasteiger partial charge in [0, 0.05) is 23.5 Å². The average molecular weight is 837 g/mol. The van der Waals surface area contributed by atoms with E-state index >= 15 is 0 Å². The van der Waals surface area contributed by atoms with Gasteiger partial charge < -0.3 is 31.9 Å². The van der Waals surface area contributed by atoms with Crippen LogP contribution in [0.3, 0.4) is 0 Å². The molecule has 0 radical (unpaired) electrons. The Labute approximate surface area is 334 Å². The zero-order chi connectivity index (χ0) is 41.1. The van der Waals surface area contributed by atoms with Crippen LogP contribution in [0.1, 0.15) is 64.9 Å². The predicted octanol–water partition coefficient (Wildman–Crippen LogP) is -2.61. The van der Waals surface area contributed by atoms with Crippen LogP contribution in [0.25, 0.3) is 0 Å². The summed E-state index contributed by atoms with van der Waals surface area (Å²) in [5, 5.41) is 46.3. The molecule has 1 fully saturated rings. The molecule has 1 saturated heterocycles. The molecule has 21 nitrogen and oxygen atoms in total. The summed E-state index contributed by atoms with van der Waals surface area (Å²) in [6.45, 7) is 1.97. The Morgan fingerprint density at radius 2 is 0.911 bits per heavy atom. The van der Waals surface area contributed by atoms with Gasteiger partial charge in [-0.25, -0.2) is 0 Å². The van der Waals surface area contributed by atoms with Crippen LogP contribution in [0.2, 0.25) is 0 Å². The van der Waals surface area contributed by atoms with Crippen molar-refractivity contribution >= 4 is 53.2 Å². The first-order valence-electron chi connectivity index (χ1n) is 17.7. The number of hydrogen-bond donors (Lipinski definition) is 9. The molecule has 1 aromatic rings. The number of carbonyl (C=O) groups excluding carboxylic acids is 9. The van der Waals surface area contributed by atoms with E-state index in [1.807, 2.05) is 0 Å². The number of benzene rings is 1. The molecule has 1 aromatic carbocycles. The second-order valence-corrected chi connectivity index (χ2v) is 12.9. The summed E-state index contributed by atoms with van der Waals surface area (Å²) in [7, 11) is 0. The largest absolute Gasteiger partial charge is 0.412 e. The minimum Gasteiger partial charge on any atom is -0.345 e. The van der Waals surface area contributed by atoms with Gasteiger partial charge in [0.25, 0.3) is 0 Å². The number of nitrogens with zero attached hydrogens (tertiary/aromatic N) is 3. The fourth-order valence-corrected chi connectivity index (χ4v) is 5.30. The molecular weight excluding hydrogens is 782 g/mol. The number of nitrogens with one attached hydrogen (secondary N) is 6. The Morgan fingerprint density at radius 3 is 1.30 bits per heavy atom. The Hall–Kier alpha value is -5.15. The standard InChI is InChI=1S/C34H51N9O12.Fe/c1-21(44)41(53)15-7-12-25-31(49)35-20-30(48)38-28(18-24-10-5-4-6-11-24)32(50)36-19-29(47)37-26(13-8-16-42(54)22(2)45)33(51)40-27(34(52)39-25)14-9-17-43(55)23(3)46;/h4-6,10-11,25-28,53-55H,7-9,12-20H2,1-3H3,(H,35,49)(H,36,50)(H,37,47)(H,38,48)(H,39,52)(H,40,51);/p+3/t25-,26-,27-,28+;/m0./s1. The fourth-order valence-electron chi connectivity index (χ4n) is 5.30. The smallest absolute Gasteiger partial charge is 0.345 e. The second kappa shape index (κ2) is 25.1. The van der Waals surface area contributed by atoms with Gasteiger partial charge in [-0.05, 0) is 44.1 Å². The van der Waals surface area contributed by atoms with E-state index in [2.05, 4.69) is 31.9 Å². The molecule has 0 aromatic heterocycles. The molecule has 22 heteroatoms. The summed E-state index contributed by atoms with van der Waals surface area (Å²) in [5.41, 5.74) is 0.672. The quantitative estimate of drug-likeness (QED) is 0.0410. The van der Waals surface area contributed by atoms with Gasteiger partial charge >= 0.3 is 17.7 Å². The molecule has 12 N–H and O–H groups in total. The molecule has 4 atom stereocenters. The average Bonchev–Trinajstić information content (AvgIpc) is 3.13. The van der Waals surface area contributed by atoms with Gasteiger partial charge in [0.15, 0.2) is 0 Å². The van der Waals surface area contributed by atoms with E-state index in [0.717, 1.165) is 0 Å². The molecule has 0 bridgehead atoms. The monoisotopic (exact) mass is 836 g/mol. The third-order valence-corrected chi connectivity index (χ3v) is 8.41. The zero-order valence-electron chi connectivity index (χ0n) is 31.5. The number of carbonyl (C=O) groups is 6. The van der Waals surface area contributed by atoms with E-state index in [1.165, 1.54) is 20.8 Å². The number of amides is 9. The van der Waals surface area contributed by atoms with Crippen molar-refractivity contribution < 1.29 is 75.8 Å². The number of rotatable bonds is 14. The van der Waals surface area contributed by atoms with E-state index < -0.39 is 90.4 Å². The first kappa shape index (κ1) is 48.9. The SMILES string of the molecule is CC(=[OH+])N(O)CCC[C@@H]1NC(=O)CNC(=O)[C@@H](Cc2ccccc2)NC(=O)CNC(=O)[C@H](CCCN(O)C(C)=[OH+])NC(=O)[C@H](CCCN(O)C(C)=[OH+])NC1=O.[Fe]. The molecular formula is C34H54FeN9O12+3. The van der Waals surface area contributed by atoms with Crippen molar-refractivity contribution in [2.24, 2.45) is 0 Å². The van der Waals surface area contributed by atoms with E-state index in [0.29, 0.717) is 20.8 Å². The van der Waals surface area contributed by atoms with Gasteiger partial charge in [-0.1, -0.05) is 30.3 Å². The van der Waals surface area contributed by atoms with Gasteiger partial charge in [-0.15, -0.1) is 0 Å². The Bertz CT molecular complexity index is 1510. The maximum Gasteiger partial charge on any atom is 0.412 e. The third kappa shape index (κ3) is 18.0. The maximum absolute atomic E-state index is 13.8. The van der Waals surface area contributed by atoms with Crippen molar-refractivity contribution in [2.75, 3.05) is 32.7 Å². The summed E-state index contributed by atoms with van der Waals surface area (Å²) < 4.78 is 0. The van der Waals surface area contributed by atoms with Crippen LogP contribution >= 0.6 is 0 Å². The van der Waals surface area contributed by atoms with E-state index in [-0.39, 0.29) is 81.6 Å². The third-order valence-electron chi connectivity index (χ3n) is 8.41. The number of hydrogen-bond acceptors (Lipinski definition) is 9. The first-order chi connectivity index (χ1) is 26.0. The molecule has 0 spiro atoms. The summed E-state index contributed by atoms with van der Waals surface area (Å²) in [4.78, 5) is 109. The molecule has 0 aliphatic carbocycles. The van der Waals surface area contributed by atoms with Gasteiger partial charge in [0.2, 0.25) is 35.4 Å². The Balaban J connectivity index is 0.0000157. The Kier molecular flexibility index (Phi) is 21.9. The molecule has 9 amide bonds. The van der Waals surface area contributed by atoms with Crippen LogP contribution in [0.5, 0.6) is 0 Å². The van der Waals surface area contributed by atoms with Crippen molar-refractivity contribution in [3.05, 3.63) is 35.9 Å². The molecule has 0 saturated carbocycles. The van der Waals surface area contributed by atoms with E-state index in [1.54, 1.807) is 30.3 Å². The molecule has 1 aliphatic heterocycles. The van der Waals surface area contributed by atoms with Crippen LogP contribution in [-0.2, 0) is 52.3 Å². The van der Waals surface area contributed by atoms with E-state index in [4.69, 9.17) is 0 Å². The van der Waals surface area contributed by atoms with Crippen LogP contribution in [-0.4, -0.2) is 155 Å². The number of hydroxylamine groups is 6. The van der Waals surface area contributed by atoms with Crippen molar-refractivity contribution in [3.63, 3.8) is 0 Å². The van der Waals surface area contributed by atoms with Crippen molar-refractivity contribution in [3.8, 4) is 0 Å². The second-order valence-electron chi connectivity index (χ2n) is 12.9. The van der Waals surface area contributed by atoms with Crippen LogP contribution < -0.4 is 31.9 Å². The topological polar surface area (TPSA) is 309 Å². The predicted molar refractivity (Wildman–Crippen MR) is 195 cm³/mol. The normalized spacial score (nSPS) is 19.9. The van der Waals surface area contributed by atoms with Crippen LogP contribution in [0.4, 0.5) is 0 Å². The molecule has 0 unspecified atom stereocenters. The molecule has 2 rings (SSSR count). The van der Waals surface area contributed by atoms with Gasteiger partial charge in [0.05, 0.1) is 53.5 Å².